The Balaban J connectivity index is 2.90. The van der Waals surface area contributed by atoms with Crippen molar-refractivity contribution in [3.05, 3.63) is 27.4 Å². The van der Waals surface area contributed by atoms with Gasteiger partial charge in [-0.2, -0.15) is 0 Å². The van der Waals surface area contributed by atoms with Crippen molar-refractivity contribution in [1.29, 1.82) is 0 Å². The van der Waals surface area contributed by atoms with Crippen LogP contribution < -0.4 is 5.56 Å². The van der Waals surface area contributed by atoms with Gasteiger partial charge in [0.25, 0.3) is 5.56 Å². The van der Waals surface area contributed by atoms with Crippen LogP contribution in [-0.2, 0) is 6.54 Å². The van der Waals surface area contributed by atoms with Crippen LogP contribution in [0.5, 0.6) is 0 Å². The summed E-state index contributed by atoms with van der Waals surface area (Å²) in [4.78, 5) is 15.7. The van der Waals surface area contributed by atoms with Crippen molar-refractivity contribution in [2.75, 3.05) is 0 Å². The van der Waals surface area contributed by atoms with Crippen LogP contribution in [0.4, 0.5) is 0 Å². The largest absolute Gasteiger partial charge is 0.297 e. The number of halogens is 1. The van der Waals surface area contributed by atoms with E-state index in [1.54, 1.807) is 4.57 Å². The second-order valence-electron chi connectivity index (χ2n) is 3.97. The van der Waals surface area contributed by atoms with Crippen molar-refractivity contribution in [3.63, 3.8) is 0 Å². The third kappa shape index (κ3) is 3.34. The van der Waals surface area contributed by atoms with Gasteiger partial charge < -0.3 is 0 Å². The van der Waals surface area contributed by atoms with Crippen LogP contribution in [-0.4, -0.2) is 9.55 Å². The molecule has 1 heterocycles. The van der Waals surface area contributed by atoms with Crippen LogP contribution in [0.25, 0.3) is 0 Å². The number of rotatable bonds is 4. The Morgan fingerprint density at radius 3 is 2.80 bits per heavy atom. The molecular formula is C11H17ClN2O. The molecule has 15 heavy (non-hydrogen) atoms. The summed E-state index contributed by atoms with van der Waals surface area (Å²) in [7, 11) is 0. The summed E-state index contributed by atoms with van der Waals surface area (Å²) in [5.74, 6) is 1.19. The van der Waals surface area contributed by atoms with Gasteiger partial charge in [-0.3, -0.25) is 9.36 Å². The molecule has 0 spiro atoms. The standard InChI is InChI=1S/C11H17ClN2O/c1-4-5-8(2)7-14-9(3)13-10(12)6-11(14)15/h6,8H,4-5,7H2,1-3H3. The first-order valence-electron chi connectivity index (χ1n) is 5.28. The summed E-state index contributed by atoms with van der Waals surface area (Å²) in [6, 6.07) is 1.37. The lowest BCUT2D eigenvalue weighted by Crippen LogP contribution is -2.25. The average molecular weight is 229 g/mol. The second-order valence-corrected chi connectivity index (χ2v) is 4.36. The van der Waals surface area contributed by atoms with Gasteiger partial charge in [0.05, 0.1) is 0 Å². The topological polar surface area (TPSA) is 34.9 Å². The van der Waals surface area contributed by atoms with Crippen molar-refractivity contribution in [3.8, 4) is 0 Å². The van der Waals surface area contributed by atoms with E-state index < -0.39 is 0 Å². The molecule has 4 heteroatoms. The lowest BCUT2D eigenvalue weighted by atomic mass is 10.1. The lowest BCUT2D eigenvalue weighted by molar-refractivity contribution is 0.428. The Bertz CT molecular complexity index is 387. The molecule has 0 aliphatic rings. The fraction of sp³-hybridized carbons (Fsp3) is 0.636. The number of nitrogens with zero attached hydrogens (tertiary/aromatic N) is 2. The molecule has 1 unspecified atom stereocenters. The Morgan fingerprint density at radius 2 is 2.27 bits per heavy atom. The molecule has 0 amide bonds. The maximum atomic E-state index is 11.6. The Labute approximate surface area is 95.1 Å². The maximum absolute atomic E-state index is 11.6. The van der Waals surface area contributed by atoms with Gasteiger partial charge in [-0.25, -0.2) is 4.98 Å². The van der Waals surface area contributed by atoms with Crippen molar-refractivity contribution in [2.45, 2.75) is 40.2 Å². The van der Waals surface area contributed by atoms with Crippen LogP contribution >= 0.6 is 11.6 Å². The molecule has 0 bridgehead atoms. The van der Waals surface area contributed by atoms with Crippen LogP contribution in [0.15, 0.2) is 10.9 Å². The molecule has 0 aromatic carbocycles. The Morgan fingerprint density at radius 1 is 1.60 bits per heavy atom. The van der Waals surface area contributed by atoms with Gasteiger partial charge in [0.1, 0.15) is 11.0 Å². The van der Waals surface area contributed by atoms with E-state index >= 15 is 0 Å². The molecule has 0 aliphatic carbocycles. The highest BCUT2D eigenvalue weighted by molar-refractivity contribution is 6.29. The summed E-state index contributed by atoms with van der Waals surface area (Å²) in [6.07, 6.45) is 2.25. The van der Waals surface area contributed by atoms with E-state index in [0.717, 1.165) is 19.4 Å². The summed E-state index contributed by atoms with van der Waals surface area (Å²) in [6.45, 7) is 6.82. The molecule has 0 saturated carbocycles. The monoisotopic (exact) mass is 228 g/mol. The van der Waals surface area contributed by atoms with Gasteiger partial charge in [-0.1, -0.05) is 31.9 Å². The molecule has 0 saturated heterocycles. The molecule has 1 aromatic rings. The molecule has 84 valence electrons. The molecule has 0 N–H and O–H groups in total. The van der Waals surface area contributed by atoms with Crippen LogP contribution in [0.2, 0.25) is 5.15 Å². The van der Waals surface area contributed by atoms with E-state index in [0.29, 0.717) is 11.7 Å². The molecular weight excluding hydrogens is 212 g/mol. The highest BCUT2D eigenvalue weighted by Gasteiger charge is 2.07. The SMILES string of the molecule is CCCC(C)Cn1c(C)nc(Cl)cc1=O. The quantitative estimate of drug-likeness (QED) is 0.743. The van der Waals surface area contributed by atoms with Crippen molar-refractivity contribution in [1.82, 2.24) is 9.55 Å². The minimum atomic E-state index is -0.0598. The van der Waals surface area contributed by atoms with Crippen molar-refractivity contribution < 1.29 is 0 Å². The molecule has 0 fully saturated rings. The van der Waals surface area contributed by atoms with Crippen molar-refractivity contribution in [2.24, 2.45) is 5.92 Å². The first-order valence-corrected chi connectivity index (χ1v) is 5.66. The summed E-state index contributed by atoms with van der Waals surface area (Å²) < 4.78 is 1.69. The smallest absolute Gasteiger partial charge is 0.254 e. The van der Waals surface area contributed by atoms with E-state index in [2.05, 4.69) is 18.8 Å². The number of hydrogen-bond acceptors (Lipinski definition) is 2. The lowest BCUT2D eigenvalue weighted by Gasteiger charge is -2.14. The molecule has 1 rings (SSSR count). The zero-order valence-electron chi connectivity index (χ0n) is 9.46. The maximum Gasteiger partial charge on any atom is 0.254 e. The summed E-state index contributed by atoms with van der Waals surface area (Å²) >= 11 is 5.70. The zero-order chi connectivity index (χ0) is 11.4. The summed E-state index contributed by atoms with van der Waals surface area (Å²) in [5, 5.41) is 0.275. The molecule has 3 nitrogen and oxygen atoms in total. The number of aromatic nitrogens is 2. The fourth-order valence-corrected chi connectivity index (χ4v) is 1.92. The van der Waals surface area contributed by atoms with Crippen LogP contribution in [0.3, 0.4) is 0 Å². The molecule has 1 atom stereocenters. The fourth-order valence-electron chi connectivity index (χ4n) is 1.70. The predicted octanol–water partition coefficient (Wildman–Crippen LogP) is 2.64. The third-order valence-corrected chi connectivity index (χ3v) is 2.64. The average Bonchev–Trinajstić information content (AvgIpc) is 2.11. The van der Waals surface area contributed by atoms with E-state index in [1.165, 1.54) is 6.07 Å². The van der Waals surface area contributed by atoms with E-state index in [1.807, 2.05) is 6.92 Å². The second kappa shape index (κ2) is 5.31. The highest BCUT2D eigenvalue weighted by atomic mass is 35.5. The van der Waals surface area contributed by atoms with E-state index in [-0.39, 0.29) is 10.7 Å². The molecule has 0 aliphatic heterocycles. The Kier molecular flexibility index (Phi) is 4.33. The van der Waals surface area contributed by atoms with Crippen molar-refractivity contribution >= 4 is 11.6 Å². The normalized spacial score (nSPS) is 12.8. The van der Waals surface area contributed by atoms with E-state index in [9.17, 15) is 4.79 Å². The first kappa shape index (κ1) is 12.2. The van der Waals surface area contributed by atoms with Crippen LogP contribution in [0, 0.1) is 12.8 Å². The molecule has 0 radical (unpaired) electrons. The predicted molar refractivity (Wildman–Crippen MR) is 62.3 cm³/mol. The van der Waals surface area contributed by atoms with Gasteiger partial charge in [0.2, 0.25) is 0 Å². The zero-order valence-corrected chi connectivity index (χ0v) is 10.2. The number of aryl methyl sites for hydroxylation is 1. The minimum absolute atomic E-state index is 0.0598. The van der Waals surface area contributed by atoms with Gasteiger partial charge in [0, 0.05) is 12.6 Å². The first-order chi connectivity index (χ1) is 7.04. The summed E-state index contributed by atoms with van der Waals surface area (Å²) in [5.41, 5.74) is -0.0598. The van der Waals surface area contributed by atoms with Gasteiger partial charge in [0.15, 0.2) is 0 Å². The molecule has 1 aromatic heterocycles. The Hall–Kier alpha value is -0.830. The van der Waals surface area contributed by atoms with Crippen LogP contribution in [0.1, 0.15) is 32.5 Å². The highest BCUT2D eigenvalue weighted by Crippen LogP contribution is 2.09. The van der Waals surface area contributed by atoms with Gasteiger partial charge in [-0.15, -0.1) is 0 Å². The van der Waals surface area contributed by atoms with Gasteiger partial charge in [-0.05, 0) is 19.3 Å². The van der Waals surface area contributed by atoms with E-state index in [4.69, 9.17) is 11.6 Å². The number of hydrogen-bond donors (Lipinski definition) is 0. The minimum Gasteiger partial charge on any atom is -0.297 e. The van der Waals surface area contributed by atoms with Gasteiger partial charge >= 0.3 is 0 Å². The third-order valence-electron chi connectivity index (χ3n) is 2.44.